The molecule has 12 heteroatoms. The van der Waals surface area contributed by atoms with E-state index in [0.29, 0.717) is 5.69 Å². The van der Waals surface area contributed by atoms with Gasteiger partial charge in [0.15, 0.2) is 0 Å². The van der Waals surface area contributed by atoms with Crippen LogP contribution in [-0.4, -0.2) is 37.3 Å². The maximum atomic E-state index is 13.0. The predicted octanol–water partition coefficient (Wildman–Crippen LogP) is 4.75. The van der Waals surface area contributed by atoms with E-state index >= 15 is 0 Å². The van der Waals surface area contributed by atoms with Crippen molar-refractivity contribution in [3.8, 4) is 5.69 Å². The fraction of sp³-hybridized carbons (Fsp3) is 0.500. The first-order valence-corrected chi connectivity index (χ1v) is 11.3. The lowest BCUT2D eigenvalue weighted by molar-refractivity contribution is -0.144. The molecule has 158 valence electrons. The van der Waals surface area contributed by atoms with Crippen molar-refractivity contribution in [3.05, 3.63) is 35.2 Å². The van der Waals surface area contributed by atoms with Crippen LogP contribution in [0.1, 0.15) is 43.6 Å². The van der Waals surface area contributed by atoms with E-state index in [1.165, 1.54) is 9.58 Å². The van der Waals surface area contributed by atoms with Crippen molar-refractivity contribution < 1.29 is 21.6 Å². The van der Waals surface area contributed by atoms with Crippen molar-refractivity contribution in [2.75, 3.05) is 19.0 Å². The Hall–Kier alpha value is -1.52. The van der Waals surface area contributed by atoms with Crippen LogP contribution in [0.25, 0.3) is 5.69 Å². The smallest absolute Gasteiger partial charge is 0.347 e. The maximum absolute atomic E-state index is 13.0. The molecular formula is C16H21Cl2F3N4O2S. The number of hydrogen-bond acceptors (Lipinski definition) is 5. The largest absolute Gasteiger partial charge is 0.453 e. The van der Waals surface area contributed by atoms with Crippen molar-refractivity contribution in [3.63, 3.8) is 0 Å². The number of alkyl halides is 3. The van der Waals surface area contributed by atoms with Gasteiger partial charge in [-0.25, -0.2) is 0 Å². The molecule has 0 N–H and O–H groups in total. The number of nitrogens with zero attached hydrogens (tertiary/aromatic N) is 4. The second-order valence-corrected chi connectivity index (χ2v) is 9.99. The predicted molar refractivity (Wildman–Crippen MR) is 105 cm³/mol. The van der Waals surface area contributed by atoms with Gasteiger partial charge < -0.3 is 4.90 Å². The monoisotopic (exact) mass is 460 g/mol. The lowest BCUT2D eigenvalue weighted by atomic mass is 9.98. The summed E-state index contributed by atoms with van der Waals surface area (Å²) in [6.07, 6.45) is -3.71. The molecule has 2 aromatic rings. The fourth-order valence-electron chi connectivity index (χ4n) is 2.35. The van der Waals surface area contributed by atoms with Crippen LogP contribution in [0.4, 0.5) is 19.1 Å². The summed E-state index contributed by atoms with van der Waals surface area (Å²) in [4.78, 5) is 5.18. The molecule has 6 nitrogen and oxygen atoms in total. The summed E-state index contributed by atoms with van der Waals surface area (Å²) in [5.41, 5.74) is 2.72. The molecule has 0 bridgehead atoms. The molecule has 0 saturated heterocycles. The van der Waals surface area contributed by atoms with Gasteiger partial charge in [0.05, 0.1) is 5.69 Å². The zero-order valence-electron chi connectivity index (χ0n) is 15.9. The first-order valence-electron chi connectivity index (χ1n) is 8.14. The molecule has 1 heterocycles. The summed E-state index contributed by atoms with van der Waals surface area (Å²) in [5, 5.41) is 3.71. The Morgan fingerprint density at radius 2 is 1.75 bits per heavy atom. The molecule has 1 aromatic carbocycles. The zero-order chi connectivity index (χ0) is 21.9. The van der Waals surface area contributed by atoms with Gasteiger partial charge in [0, 0.05) is 35.5 Å². The van der Waals surface area contributed by atoms with Crippen LogP contribution < -0.4 is 4.90 Å². The lowest BCUT2D eigenvalue weighted by Gasteiger charge is -2.18. The third-order valence-electron chi connectivity index (χ3n) is 3.59. The van der Waals surface area contributed by atoms with Gasteiger partial charge in [0.2, 0.25) is 5.95 Å². The van der Waals surface area contributed by atoms with Crippen LogP contribution >= 0.6 is 21.4 Å². The highest BCUT2D eigenvalue weighted by Gasteiger charge is 2.38. The number of benzene rings is 1. The third kappa shape index (κ3) is 7.14. The standard InChI is InChI=1S/C16H21F3N4.Cl2O2S/c1-6-11-7-8-13(12(9-11)10(2)3)23-15(22(4)5)20-14(21-23)16(17,18)19;1-5(2,3)4/h7-10H,6H2,1-5H3;. The Labute approximate surface area is 171 Å². The van der Waals surface area contributed by atoms with Crippen molar-refractivity contribution in [2.45, 2.75) is 39.3 Å². The van der Waals surface area contributed by atoms with E-state index in [9.17, 15) is 13.2 Å². The average Bonchev–Trinajstić information content (AvgIpc) is 2.98. The van der Waals surface area contributed by atoms with Crippen LogP contribution in [0.3, 0.4) is 0 Å². The Kier molecular flexibility index (Phi) is 8.16. The number of anilines is 1. The first-order chi connectivity index (χ1) is 12.6. The molecular weight excluding hydrogens is 440 g/mol. The van der Waals surface area contributed by atoms with Crippen molar-refractivity contribution in [2.24, 2.45) is 0 Å². The molecule has 0 spiro atoms. The molecule has 0 aliphatic heterocycles. The summed E-state index contributed by atoms with van der Waals surface area (Å²) in [5.74, 6) is -0.816. The van der Waals surface area contributed by atoms with E-state index in [-0.39, 0.29) is 11.9 Å². The minimum atomic E-state index is -4.57. The van der Waals surface area contributed by atoms with Crippen LogP contribution in [0.2, 0.25) is 0 Å². The van der Waals surface area contributed by atoms with Gasteiger partial charge >= 0.3 is 14.4 Å². The number of aromatic nitrogens is 3. The van der Waals surface area contributed by atoms with E-state index in [2.05, 4.69) is 31.4 Å². The topological polar surface area (TPSA) is 68.1 Å². The summed E-state index contributed by atoms with van der Waals surface area (Å²) < 4.78 is 58.5. The van der Waals surface area contributed by atoms with E-state index in [4.69, 9.17) is 8.42 Å². The highest BCUT2D eigenvalue weighted by atomic mass is 36.0. The fourth-order valence-corrected chi connectivity index (χ4v) is 2.35. The van der Waals surface area contributed by atoms with Gasteiger partial charge in [-0.3, -0.25) is 0 Å². The minimum Gasteiger partial charge on any atom is -0.347 e. The molecule has 1 aromatic heterocycles. The SMILES string of the molecule is CCc1ccc(-n2nc(C(F)(F)F)nc2N(C)C)c(C(C)C)c1.O=S(=O)(Cl)Cl. The van der Waals surface area contributed by atoms with Gasteiger partial charge in [-0.15, -0.1) is 5.10 Å². The van der Waals surface area contributed by atoms with Crippen LogP contribution in [0.15, 0.2) is 18.2 Å². The van der Waals surface area contributed by atoms with E-state index in [0.717, 1.165) is 17.5 Å². The molecule has 0 aliphatic rings. The quantitative estimate of drug-likeness (QED) is 0.615. The second-order valence-electron chi connectivity index (χ2n) is 6.32. The number of hydrogen-bond donors (Lipinski definition) is 0. The molecule has 0 unspecified atom stereocenters. The molecule has 0 radical (unpaired) electrons. The first kappa shape index (κ1) is 24.5. The van der Waals surface area contributed by atoms with Crippen LogP contribution in [0.5, 0.6) is 0 Å². The summed E-state index contributed by atoms with van der Waals surface area (Å²) in [6.45, 7) is 6.06. The summed E-state index contributed by atoms with van der Waals surface area (Å²) in [6, 6.07) is 5.75. The highest BCUT2D eigenvalue weighted by molar-refractivity contribution is 8.31. The normalized spacial score (nSPS) is 12.0. The van der Waals surface area contributed by atoms with Crippen molar-refractivity contribution in [1.82, 2.24) is 14.8 Å². The third-order valence-corrected chi connectivity index (χ3v) is 3.59. The van der Waals surface area contributed by atoms with Crippen LogP contribution in [0, 0.1) is 0 Å². The van der Waals surface area contributed by atoms with Crippen molar-refractivity contribution >= 4 is 35.6 Å². The zero-order valence-corrected chi connectivity index (χ0v) is 18.2. The molecule has 0 saturated carbocycles. The molecule has 0 fully saturated rings. The van der Waals surface area contributed by atoms with Gasteiger partial charge in [-0.1, -0.05) is 32.9 Å². The number of halogens is 5. The van der Waals surface area contributed by atoms with Gasteiger partial charge in [0.25, 0.3) is 5.82 Å². The number of aryl methyl sites for hydroxylation is 1. The maximum Gasteiger partial charge on any atom is 0.453 e. The van der Waals surface area contributed by atoms with Gasteiger partial charge in [-0.2, -0.15) is 31.3 Å². The molecule has 2 rings (SSSR count). The van der Waals surface area contributed by atoms with Crippen molar-refractivity contribution in [1.29, 1.82) is 0 Å². The Morgan fingerprint density at radius 1 is 1.21 bits per heavy atom. The van der Waals surface area contributed by atoms with Gasteiger partial charge in [0.1, 0.15) is 0 Å². The average molecular weight is 461 g/mol. The molecule has 28 heavy (non-hydrogen) atoms. The summed E-state index contributed by atoms with van der Waals surface area (Å²) in [7, 11) is 8.11. The van der Waals surface area contributed by atoms with E-state index < -0.39 is 20.3 Å². The highest BCUT2D eigenvalue weighted by Crippen LogP contribution is 2.31. The van der Waals surface area contributed by atoms with Crippen LogP contribution in [-0.2, 0) is 20.9 Å². The lowest BCUT2D eigenvalue weighted by Crippen LogP contribution is -2.16. The van der Waals surface area contributed by atoms with E-state index in [1.54, 1.807) is 14.1 Å². The second kappa shape index (κ2) is 9.32. The Bertz CT molecular complexity index is 905. The summed E-state index contributed by atoms with van der Waals surface area (Å²) >= 11 is 0. The molecule has 0 atom stereocenters. The molecule has 0 aliphatic carbocycles. The van der Waals surface area contributed by atoms with E-state index in [1.807, 2.05) is 39.0 Å². The Morgan fingerprint density at radius 3 is 2.14 bits per heavy atom. The number of rotatable bonds is 4. The minimum absolute atomic E-state index is 0.156. The molecule has 0 amide bonds. The van der Waals surface area contributed by atoms with Gasteiger partial charge in [-0.05, 0) is 29.5 Å². The Balaban J connectivity index is 0.000000696.